The van der Waals surface area contributed by atoms with Gasteiger partial charge in [-0.25, -0.2) is 4.39 Å². The van der Waals surface area contributed by atoms with Gasteiger partial charge in [-0.3, -0.25) is 4.99 Å². The van der Waals surface area contributed by atoms with Crippen molar-refractivity contribution in [3.8, 4) is 0 Å². The molecule has 4 heteroatoms. The monoisotopic (exact) mass is 238 g/mol. The highest BCUT2D eigenvalue weighted by Gasteiger charge is 2.12. The Morgan fingerprint density at radius 1 is 1.50 bits per heavy atom. The topological polar surface area (TPSA) is 24.4 Å². The maximum Gasteiger partial charge on any atom is 0.161 e. The van der Waals surface area contributed by atoms with Crippen LogP contribution in [0.15, 0.2) is 23.2 Å². The van der Waals surface area contributed by atoms with Gasteiger partial charge in [-0.05, 0) is 36.6 Å². The number of amidine groups is 1. The van der Waals surface area contributed by atoms with Gasteiger partial charge < -0.3 is 5.32 Å². The van der Waals surface area contributed by atoms with E-state index in [0.29, 0.717) is 5.92 Å². The molecule has 2 nitrogen and oxygen atoms in total. The van der Waals surface area contributed by atoms with Crippen molar-refractivity contribution in [2.45, 2.75) is 13.8 Å². The number of benzene rings is 1. The van der Waals surface area contributed by atoms with Crippen LogP contribution in [0.25, 0.3) is 0 Å². The lowest BCUT2D eigenvalue weighted by Gasteiger charge is -2.18. The van der Waals surface area contributed by atoms with E-state index < -0.39 is 0 Å². The van der Waals surface area contributed by atoms with Crippen LogP contribution < -0.4 is 5.32 Å². The summed E-state index contributed by atoms with van der Waals surface area (Å²) < 4.78 is 12.9. The maximum atomic E-state index is 12.9. The van der Waals surface area contributed by atoms with Crippen LogP contribution in [-0.4, -0.2) is 17.5 Å². The number of thioether (sulfide) groups is 1. The first-order valence-electron chi connectivity index (χ1n) is 5.35. The van der Waals surface area contributed by atoms with Crippen molar-refractivity contribution in [2.75, 3.05) is 17.6 Å². The fourth-order valence-electron chi connectivity index (χ4n) is 1.52. The predicted molar refractivity (Wildman–Crippen MR) is 68.7 cm³/mol. The van der Waals surface area contributed by atoms with Crippen LogP contribution in [0.1, 0.15) is 12.5 Å². The SMILES string of the molecule is Cc1cc(F)ccc1NC1=NCC(C)CS1. The minimum atomic E-state index is -0.199. The molecule has 1 N–H and O–H groups in total. The molecule has 0 spiro atoms. The lowest BCUT2D eigenvalue weighted by Crippen LogP contribution is -2.19. The third kappa shape index (κ3) is 2.76. The van der Waals surface area contributed by atoms with Gasteiger partial charge in [0.2, 0.25) is 0 Å². The maximum absolute atomic E-state index is 12.9. The van der Waals surface area contributed by atoms with E-state index in [-0.39, 0.29) is 5.82 Å². The first-order valence-corrected chi connectivity index (χ1v) is 6.34. The summed E-state index contributed by atoms with van der Waals surface area (Å²) in [6.07, 6.45) is 0. The molecule has 0 aliphatic carbocycles. The van der Waals surface area contributed by atoms with Crippen LogP contribution in [0, 0.1) is 18.7 Å². The summed E-state index contributed by atoms with van der Waals surface area (Å²) in [5.74, 6) is 1.53. The summed E-state index contributed by atoms with van der Waals surface area (Å²) in [4.78, 5) is 4.44. The molecule has 2 rings (SSSR count). The van der Waals surface area contributed by atoms with E-state index in [1.54, 1.807) is 17.8 Å². The van der Waals surface area contributed by atoms with Crippen LogP contribution in [0.3, 0.4) is 0 Å². The Kier molecular flexibility index (Phi) is 3.49. The Morgan fingerprint density at radius 2 is 2.31 bits per heavy atom. The standard InChI is InChI=1S/C12H15FN2S/c1-8-6-14-12(16-7-8)15-11-4-3-10(13)5-9(11)2/h3-5,8H,6-7H2,1-2H3,(H,14,15). The molecule has 1 heterocycles. The van der Waals surface area contributed by atoms with Crippen molar-refractivity contribution < 1.29 is 4.39 Å². The van der Waals surface area contributed by atoms with E-state index in [4.69, 9.17) is 0 Å². The second kappa shape index (κ2) is 4.87. The van der Waals surface area contributed by atoms with E-state index in [1.807, 2.05) is 6.92 Å². The highest BCUT2D eigenvalue weighted by molar-refractivity contribution is 8.14. The molecule has 0 fully saturated rings. The Bertz CT molecular complexity index is 417. The summed E-state index contributed by atoms with van der Waals surface area (Å²) >= 11 is 1.72. The van der Waals surface area contributed by atoms with E-state index in [0.717, 1.165) is 28.7 Å². The third-order valence-electron chi connectivity index (χ3n) is 2.48. The van der Waals surface area contributed by atoms with Crippen molar-refractivity contribution >= 4 is 22.6 Å². The lowest BCUT2D eigenvalue weighted by molar-refractivity contribution is 0.627. The van der Waals surface area contributed by atoms with Gasteiger partial charge in [0.15, 0.2) is 5.17 Å². The summed E-state index contributed by atoms with van der Waals surface area (Å²) in [7, 11) is 0. The van der Waals surface area contributed by atoms with Crippen LogP contribution in [0.2, 0.25) is 0 Å². The highest BCUT2D eigenvalue weighted by Crippen LogP contribution is 2.21. The van der Waals surface area contributed by atoms with E-state index >= 15 is 0 Å². The van der Waals surface area contributed by atoms with Crippen molar-refractivity contribution in [1.82, 2.24) is 0 Å². The van der Waals surface area contributed by atoms with Gasteiger partial charge >= 0.3 is 0 Å². The number of halogens is 1. The van der Waals surface area contributed by atoms with E-state index in [2.05, 4.69) is 17.2 Å². The summed E-state index contributed by atoms with van der Waals surface area (Å²) in [5, 5.41) is 4.18. The molecule has 0 saturated carbocycles. The minimum Gasteiger partial charge on any atom is -0.335 e. The number of hydrogen-bond donors (Lipinski definition) is 1. The third-order valence-corrected chi connectivity index (χ3v) is 3.72. The molecule has 1 aromatic carbocycles. The van der Waals surface area contributed by atoms with E-state index in [1.165, 1.54) is 12.1 Å². The molecular formula is C12H15FN2S. The number of hydrogen-bond acceptors (Lipinski definition) is 3. The van der Waals surface area contributed by atoms with Crippen molar-refractivity contribution in [2.24, 2.45) is 10.9 Å². The molecule has 1 aliphatic rings. The molecule has 0 saturated heterocycles. The molecule has 0 amide bonds. The molecule has 1 atom stereocenters. The summed E-state index contributed by atoms with van der Waals surface area (Å²) in [5.41, 5.74) is 1.84. The Labute approximate surface area is 99.3 Å². The normalized spacial score (nSPS) is 20.4. The fourth-order valence-corrected chi connectivity index (χ4v) is 2.41. The molecular weight excluding hydrogens is 223 g/mol. The Balaban J connectivity index is 2.09. The summed E-state index contributed by atoms with van der Waals surface area (Å²) in [6, 6.07) is 4.75. The van der Waals surface area contributed by atoms with Gasteiger partial charge in [0, 0.05) is 18.0 Å². The van der Waals surface area contributed by atoms with Crippen LogP contribution in [0.4, 0.5) is 10.1 Å². The lowest BCUT2D eigenvalue weighted by atomic mass is 10.2. The number of nitrogens with one attached hydrogen (secondary N) is 1. The van der Waals surface area contributed by atoms with Gasteiger partial charge in [0.25, 0.3) is 0 Å². The largest absolute Gasteiger partial charge is 0.335 e. The zero-order valence-corrected chi connectivity index (χ0v) is 10.3. The summed E-state index contributed by atoms with van der Waals surface area (Å²) in [6.45, 7) is 4.95. The highest BCUT2D eigenvalue weighted by atomic mass is 32.2. The minimum absolute atomic E-state index is 0.199. The molecule has 0 bridgehead atoms. The number of aryl methyl sites for hydroxylation is 1. The molecule has 16 heavy (non-hydrogen) atoms. The van der Waals surface area contributed by atoms with Crippen molar-refractivity contribution in [3.63, 3.8) is 0 Å². The van der Waals surface area contributed by atoms with Gasteiger partial charge in [-0.1, -0.05) is 18.7 Å². The second-order valence-corrected chi connectivity index (χ2v) is 5.15. The number of anilines is 1. The number of rotatable bonds is 1. The quantitative estimate of drug-likeness (QED) is 0.812. The van der Waals surface area contributed by atoms with Crippen LogP contribution in [0.5, 0.6) is 0 Å². The van der Waals surface area contributed by atoms with E-state index in [9.17, 15) is 4.39 Å². The number of nitrogens with zero attached hydrogens (tertiary/aromatic N) is 1. The van der Waals surface area contributed by atoms with Crippen LogP contribution >= 0.6 is 11.8 Å². The fraction of sp³-hybridized carbons (Fsp3) is 0.417. The van der Waals surface area contributed by atoms with Crippen LogP contribution in [-0.2, 0) is 0 Å². The molecule has 86 valence electrons. The van der Waals surface area contributed by atoms with Gasteiger partial charge in [0.1, 0.15) is 5.82 Å². The Morgan fingerprint density at radius 3 is 2.94 bits per heavy atom. The molecule has 0 radical (unpaired) electrons. The van der Waals surface area contributed by atoms with Gasteiger partial charge in [-0.15, -0.1) is 0 Å². The van der Waals surface area contributed by atoms with Gasteiger partial charge in [-0.2, -0.15) is 0 Å². The van der Waals surface area contributed by atoms with Gasteiger partial charge in [0.05, 0.1) is 0 Å². The molecule has 1 unspecified atom stereocenters. The Hall–Kier alpha value is -1.03. The zero-order chi connectivity index (χ0) is 11.5. The predicted octanol–water partition coefficient (Wildman–Crippen LogP) is 3.28. The smallest absolute Gasteiger partial charge is 0.161 e. The average Bonchev–Trinajstić information content (AvgIpc) is 2.25. The molecule has 0 aromatic heterocycles. The van der Waals surface area contributed by atoms with Crippen molar-refractivity contribution in [3.05, 3.63) is 29.6 Å². The zero-order valence-electron chi connectivity index (χ0n) is 9.46. The first kappa shape index (κ1) is 11.5. The number of aliphatic imine (C=N–C) groups is 1. The van der Waals surface area contributed by atoms with Crippen molar-refractivity contribution in [1.29, 1.82) is 0 Å². The second-order valence-electron chi connectivity index (χ2n) is 4.15. The molecule has 1 aromatic rings. The molecule has 1 aliphatic heterocycles. The average molecular weight is 238 g/mol. The first-order chi connectivity index (χ1) is 7.65.